The largest absolute Gasteiger partial charge is 0.496 e. The number of aromatic nitrogens is 3. The van der Waals surface area contributed by atoms with E-state index in [1.807, 2.05) is 6.07 Å². The van der Waals surface area contributed by atoms with Gasteiger partial charge in [0.2, 0.25) is 5.91 Å². The van der Waals surface area contributed by atoms with Gasteiger partial charge in [-0.3, -0.25) is 4.79 Å². The SMILES string of the molecule is COc1cc(I)c(Cl)cc1CNC(=O)C1(n2cc(C3(O)CCOCC3)nn2)CC1. The van der Waals surface area contributed by atoms with E-state index in [0.29, 0.717) is 61.9 Å². The summed E-state index contributed by atoms with van der Waals surface area (Å²) in [5.74, 6) is 0.540. The molecule has 156 valence electrons. The van der Waals surface area contributed by atoms with Gasteiger partial charge >= 0.3 is 0 Å². The first-order valence-corrected chi connectivity index (χ1v) is 10.9. The molecule has 1 saturated carbocycles. The van der Waals surface area contributed by atoms with Gasteiger partial charge in [0.25, 0.3) is 0 Å². The van der Waals surface area contributed by atoms with Crippen molar-refractivity contribution in [3.8, 4) is 5.75 Å². The van der Waals surface area contributed by atoms with E-state index >= 15 is 0 Å². The highest BCUT2D eigenvalue weighted by molar-refractivity contribution is 14.1. The maximum atomic E-state index is 13.0. The lowest BCUT2D eigenvalue weighted by molar-refractivity contribution is -0.126. The normalized spacial score (nSPS) is 19.6. The Labute approximate surface area is 187 Å². The molecule has 1 aromatic heterocycles. The summed E-state index contributed by atoms with van der Waals surface area (Å²) in [7, 11) is 1.59. The minimum absolute atomic E-state index is 0.135. The lowest BCUT2D eigenvalue weighted by Gasteiger charge is -2.29. The summed E-state index contributed by atoms with van der Waals surface area (Å²) in [4.78, 5) is 13.0. The van der Waals surface area contributed by atoms with Crippen LogP contribution in [0.5, 0.6) is 5.75 Å². The molecule has 4 rings (SSSR count). The van der Waals surface area contributed by atoms with Gasteiger partial charge in [-0.05, 0) is 47.6 Å². The summed E-state index contributed by atoms with van der Waals surface area (Å²) in [5.41, 5.74) is -0.509. The minimum Gasteiger partial charge on any atom is -0.496 e. The molecule has 0 spiro atoms. The third-order valence-electron chi connectivity index (χ3n) is 5.64. The second-order valence-corrected chi connectivity index (χ2v) is 9.05. The van der Waals surface area contributed by atoms with Crippen LogP contribution in [0.15, 0.2) is 18.3 Å². The van der Waals surface area contributed by atoms with E-state index in [4.69, 9.17) is 21.1 Å². The van der Waals surface area contributed by atoms with Gasteiger partial charge in [0.15, 0.2) is 0 Å². The molecular weight excluding hydrogens is 511 g/mol. The maximum Gasteiger partial charge on any atom is 0.248 e. The molecule has 1 saturated heterocycles. The van der Waals surface area contributed by atoms with Crippen molar-refractivity contribution >= 4 is 40.1 Å². The zero-order valence-corrected chi connectivity index (χ0v) is 18.9. The van der Waals surface area contributed by atoms with Crippen molar-refractivity contribution in [2.24, 2.45) is 0 Å². The second-order valence-electron chi connectivity index (χ2n) is 7.48. The van der Waals surface area contributed by atoms with Gasteiger partial charge in [-0.2, -0.15) is 0 Å². The van der Waals surface area contributed by atoms with Crippen LogP contribution in [0.4, 0.5) is 0 Å². The molecule has 2 N–H and O–H groups in total. The van der Waals surface area contributed by atoms with Crippen LogP contribution in [0.25, 0.3) is 0 Å². The summed E-state index contributed by atoms with van der Waals surface area (Å²) < 4.78 is 13.2. The predicted octanol–water partition coefficient (Wildman–Crippen LogP) is 2.35. The van der Waals surface area contributed by atoms with Crippen LogP contribution in [0.1, 0.15) is 36.9 Å². The quantitative estimate of drug-likeness (QED) is 0.555. The molecule has 2 aromatic rings. The first kappa shape index (κ1) is 20.8. The summed E-state index contributed by atoms with van der Waals surface area (Å²) >= 11 is 8.35. The lowest BCUT2D eigenvalue weighted by atomic mass is 9.91. The molecule has 2 heterocycles. The number of carbonyl (C=O) groups is 1. The number of benzene rings is 1. The number of ether oxygens (including phenoxy) is 2. The van der Waals surface area contributed by atoms with E-state index in [1.165, 1.54) is 0 Å². The molecular formula is C19H22ClIN4O4. The summed E-state index contributed by atoms with van der Waals surface area (Å²) in [6, 6.07) is 3.64. The predicted molar refractivity (Wildman–Crippen MR) is 114 cm³/mol. The zero-order valence-electron chi connectivity index (χ0n) is 16.0. The van der Waals surface area contributed by atoms with Gasteiger partial charge < -0.3 is 19.9 Å². The fourth-order valence-electron chi connectivity index (χ4n) is 3.57. The van der Waals surface area contributed by atoms with Gasteiger partial charge in [0, 0.05) is 41.7 Å². The maximum absolute atomic E-state index is 13.0. The molecule has 10 heteroatoms. The van der Waals surface area contributed by atoms with E-state index in [1.54, 1.807) is 24.1 Å². The summed E-state index contributed by atoms with van der Waals surface area (Å²) in [6.07, 6.45) is 3.98. The van der Waals surface area contributed by atoms with E-state index < -0.39 is 11.1 Å². The van der Waals surface area contributed by atoms with Crippen molar-refractivity contribution in [1.82, 2.24) is 20.3 Å². The van der Waals surface area contributed by atoms with E-state index in [2.05, 4.69) is 38.2 Å². The fourth-order valence-corrected chi connectivity index (χ4v) is 4.19. The number of hydrogen-bond acceptors (Lipinski definition) is 6. The number of methoxy groups -OCH3 is 1. The standard InChI is InChI=1S/C19H22ClIN4O4/c1-28-15-9-14(21)13(20)8-12(15)10-22-17(26)18(2-3-18)25-11-16(23-24-25)19(27)4-6-29-7-5-19/h8-9,11,27H,2-7,10H2,1H3,(H,22,26). The number of halogens is 2. The van der Waals surface area contributed by atoms with Crippen LogP contribution >= 0.6 is 34.2 Å². The van der Waals surface area contributed by atoms with Gasteiger partial charge in [-0.1, -0.05) is 16.8 Å². The van der Waals surface area contributed by atoms with E-state index in [0.717, 1.165) is 9.13 Å². The highest BCUT2D eigenvalue weighted by Gasteiger charge is 2.53. The van der Waals surface area contributed by atoms with E-state index in [-0.39, 0.29) is 5.91 Å². The second kappa shape index (κ2) is 8.01. The van der Waals surface area contributed by atoms with Crippen LogP contribution in [0.2, 0.25) is 5.02 Å². The molecule has 2 aliphatic rings. The van der Waals surface area contributed by atoms with Gasteiger partial charge in [0.05, 0.1) is 18.3 Å². The Balaban J connectivity index is 1.48. The van der Waals surface area contributed by atoms with Crippen LogP contribution in [0, 0.1) is 3.57 Å². The van der Waals surface area contributed by atoms with Gasteiger partial charge in [-0.15, -0.1) is 5.10 Å². The van der Waals surface area contributed by atoms with Crippen molar-refractivity contribution in [2.75, 3.05) is 20.3 Å². The molecule has 1 aliphatic heterocycles. The Kier molecular flexibility index (Phi) is 5.75. The monoisotopic (exact) mass is 532 g/mol. The average Bonchev–Trinajstić information content (AvgIpc) is 3.37. The Hall–Kier alpha value is -1.43. The number of carbonyl (C=O) groups excluding carboxylic acids is 1. The van der Waals surface area contributed by atoms with Crippen LogP contribution in [0.3, 0.4) is 0 Å². The summed E-state index contributed by atoms with van der Waals surface area (Å²) in [6.45, 7) is 1.26. The molecule has 2 fully saturated rings. The van der Waals surface area contributed by atoms with Crippen molar-refractivity contribution < 1.29 is 19.4 Å². The smallest absolute Gasteiger partial charge is 0.248 e. The molecule has 1 aliphatic carbocycles. The Bertz CT molecular complexity index is 925. The number of hydrogen-bond donors (Lipinski definition) is 2. The molecule has 1 aromatic carbocycles. The lowest BCUT2D eigenvalue weighted by Crippen LogP contribution is -2.39. The molecule has 29 heavy (non-hydrogen) atoms. The Morgan fingerprint density at radius 3 is 2.76 bits per heavy atom. The van der Waals surface area contributed by atoms with E-state index in [9.17, 15) is 9.90 Å². The summed E-state index contributed by atoms with van der Waals surface area (Å²) in [5, 5.41) is 22.7. The molecule has 0 atom stereocenters. The fraction of sp³-hybridized carbons (Fsp3) is 0.526. The molecule has 0 bridgehead atoms. The van der Waals surface area contributed by atoms with Gasteiger partial charge in [-0.25, -0.2) is 4.68 Å². The topological polar surface area (TPSA) is 98.5 Å². The number of rotatable bonds is 6. The highest BCUT2D eigenvalue weighted by Crippen LogP contribution is 2.44. The van der Waals surface area contributed by atoms with Crippen molar-refractivity contribution in [2.45, 2.75) is 43.4 Å². The third kappa shape index (κ3) is 3.97. The Morgan fingerprint density at radius 2 is 2.10 bits per heavy atom. The van der Waals surface area contributed by atoms with Crippen molar-refractivity contribution in [3.63, 3.8) is 0 Å². The highest BCUT2D eigenvalue weighted by atomic mass is 127. The van der Waals surface area contributed by atoms with Crippen LogP contribution in [-0.4, -0.2) is 46.3 Å². The molecule has 0 radical (unpaired) electrons. The minimum atomic E-state index is -1.05. The number of amides is 1. The molecule has 8 nitrogen and oxygen atoms in total. The molecule has 1 amide bonds. The number of nitrogens with one attached hydrogen (secondary N) is 1. The number of nitrogens with zero attached hydrogens (tertiary/aromatic N) is 3. The van der Waals surface area contributed by atoms with Crippen molar-refractivity contribution in [3.05, 3.63) is 38.2 Å². The van der Waals surface area contributed by atoms with Gasteiger partial charge in [0.1, 0.15) is 22.6 Å². The Morgan fingerprint density at radius 1 is 1.38 bits per heavy atom. The van der Waals surface area contributed by atoms with Crippen molar-refractivity contribution in [1.29, 1.82) is 0 Å². The van der Waals surface area contributed by atoms with Crippen LogP contribution < -0.4 is 10.1 Å². The average molecular weight is 533 g/mol. The zero-order chi connectivity index (χ0) is 20.6. The molecule has 0 unspecified atom stereocenters. The number of aliphatic hydroxyl groups is 1. The van der Waals surface area contributed by atoms with Crippen LogP contribution in [-0.2, 0) is 27.2 Å². The third-order valence-corrected chi connectivity index (χ3v) is 7.16. The first-order valence-electron chi connectivity index (χ1n) is 9.42. The first-order chi connectivity index (χ1) is 13.9.